The van der Waals surface area contributed by atoms with Crippen molar-refractivity contribution < 1.29 is 18.7 Å². The number of piperidine rings is 1. The molecule has 1 aliphatic rings. The molecule has 0 atom stereocenters. The molecule has 1 fully saturated rings. The third-order valence-corrected chi connectivity index (χ3v) is 4.66. The number of rotatable bonds is 4. The van der Waals surface area contributed by atoms with E-state index in [0.717, 1.165) is 0 Å². The number of carbonyl (C=O) groups excluding carboxylic acids is 2. The summed E-state index contributed by atoms with van der Waals surface area (Å²) in [5.74, 6) is -0.490. The summed E-state index contributed by atoms with van der Waals surface area (Å²) in [6.45, 7) is 4.88. The zero-order chi connectivity index (χ0) is 17.9. The number of likely N-dealkylation sites (tertiary alicyclic amines) is 1. The van der Waals surface area contributed by atoms with E-state index < -0.39 is 5.82 Å². The Morgan fingerprint density at radius 1 is 1.29 bits per heavy atom. The van der Waals surface area contributed by atoms with Gasteiger partial charge in [-0.05, 0) is 38.8 Å². The Morgan fingerprint density at radius 3 is 2.42 bits per heavy atom. The maximum Gasteiger partial charge on any atom is 0.256 e. The molecule has 0 unspecified atom stereocenters. The molecule has 0 aliphatic carbocycles. The molecule has 1 heterocycles. The normalized spacial score (nSPS) is 15.5. The van der Waals surface area contributed by atoms with Gasteiger partial charge in [0.05, 0.1) is 12.7 Å². The van der Waals surface area contributed by atoms with Gasteiger partial charge >= 0.3 is 0 Å². The van der Waals surface area contributed by atoms with Crippen molar-refractivity contribution >= 4 is 11.8 Å². The number of halogens is 1. The number of hydrogen-bond donors (Lipinski definition) is 0. The van der Waals surface area contributed by atoms with Crippen LogP contribution in [0.25, 0.3) is 0 Å². The number of ether oxygens (including phenoxy) is 1. The van der Waals surface area contributed by atoms with Crippen molar-refractivity contribution in [3.05, 3.63) is 29.6 Å². The lowest BCUT2D eigenvalue weighted by Gasteiger charge is -2.34. The molecule has 0 bridgehead atoms. The van der Waals surface area contributed by atoms with E-state index in [4.69, 9.17) is 4.74 Å². The number of carbonyl (C=O) groups is 2. The molecule has 2 amide bonds. The number of nitrogens with zero attached hydrogens (tertiary/aromatic N) is 2. The number of benzene rings is 1. The van der Waals surface area contributed by atoms with Crippen molar-refractivity contribution in [2.24, 2.45) is 5.92 Å². The van der Waals surface area contributed by atoms with Gasteiger partial charge in [-0.3, -0.25) is 9.59 Å². The monoisotopic (exact) mass is 336 g/mol. The molecule has 0 saturated carbocycles. The second-order valence-corrected chi connectivity index (χ2v) is 6.46. The van der Waals surface area contributed by atoms with Crippen LogP contribution in [0.5, 0.6) is 5.75 Å². The highest BCUT2D eigenvalue weighted by Gasteiger charge is 2.30. The molecule has 0 spiro atoms. The van der Waals surface area contributed by atoms with Gasteiger partial charge in [0.1, 0.15) is 11.6 Å². The Labute approximate surface area is 142 Å². The quantitative estimate of drug-likeness (QED) is 0.849. The van der Waals surface area contributed by atoms with Gasteiger partial charge in [-0.15, -0.1) is 0 Å². The molecule has 0 aromatic heterocycles. The Morgan fingerprint density at radius 2 is 1.92 bits per heavy atom. The van der Waals surface area contributed by atoms with Gasteiger partial charge in [0.15, 0.2) is 0 Å². The summed E-state index contributed by atoms with van der Waals surface area (Å²) in [5, 5.41) is 0. The van der Waals surface area contributed by atoms with Crippen LogP contribution in [0, 0.1) is 11.7 Å². The maximum absolute atomic E-state index is 14.1. The van der Waals surface area contributed by atoms with Crippen molar-refractivity contribution in [3.63, 3.8) is 0 Å². The lowest BCUT2D eigenvalue weighted by Crippen LogP contribution is -2.45. The minimum atomic E-state index is -0.586. The third-order valence-electron chi connectivity index (χ3n) is 4.66. The van der Waals surface area contributed by atoms with E-state index in [0.29, 0.717) is 31.7 Å². The van der Waals surface area contributed by atoms with Crippen LogP contribution < -0.4 is 4.74 Å². The first kappa shape index (κ1) is 18.2. The largest absolute Gasteiger partial charge is 0.497 e. The fourth-order valence-electron chi connectivity index (χ4n) is 2.84. The van der Waals surface area contributed by atoms with Crippen LogP contribution in [-0.4, -0.2) is 54.9 Å². The number of hydrogen-bond acceptors (Lipinski definition) is 3. The lowest BCUT2D eigenvalue weighted by atomic mass is 9.94. The van der Waals surface area contributed by atoms with Crippen molar-refractivity contribution in [1.29, 1.82) is 0 Å². The Bertz CT molecular complexity index is 610. The highest BCUT2D eigenvalue weighted by molar-refractivity contribution is 5.94. The smallest absolute Gasteiger partial charge is 0.256 e. The number of methoxy groups -OCH3 is 1. The average molecular weight is 336 g/mol. The van der Waals surface area contributed by atoms with Gasteiger partial charge < -0.3 is 14.5 Å². The van der Waals surface area contributed by atoms with E-state index in [2.05, 4.69) is 0 Å². The van der Waals surface area contributed by atoms with Gasteiger partial charge in [-0.25, -0.2) is 4.39 Å². The summed E-state index contributed by atoms with van der Waals surface area (Å²) in [7, 11) is 3.25. The molecular weight excluding hydrogens is 311 g/mol. The molecule has 132 valence electrons. The van der Waals surface area contributed by atoms with E-state index >= 15 is 0 Å². The lowest BCUT2D eigenvalue weighted by molar-refractivity contribution is -0.137. The Kier molecular flexibility index (Phi) is 5.80. The standard InChI is InChI=1S/C18H25FN2O3/c1-12(2)20(3)17(22)13-7-9-21(10-8-13)18(23)15-6-5-14(24-4)11-16(15)19/h5-6,11-13H,7-10H2,1-4H3. The van der Waals surface area contributed by atoms with E-state index in [-0.39, 0.29) is 29.3 Å². The molecule has 1 saturated heterocycles. The van der Waals surface area contributed by atoms with E-state index in [1.54, 1.807) is 22.9 Å². The first-order valence-corrected chi connectivity index (χ1v) is 8.24. The molecule has 1 aromatic carbocycles. The van der Waals surface area contributed by atoms with E-state index in [1.165, 1.54) is 19.2 Å². The highest BCUT2D eigenvalue weighted by Crippen LogP contribution is 2.23. The van der Waals surface area contributed by atoms with Crippen molar-refractivity contribution in [2.75, 3.05) is 27.2 Å². The summed E-state index contributed by atoms with van der Waals surface area (Å²) in [4.78, 5) is 28.2. The van der Waals surface area contributed by atoms with Crippen LogP contribution in [0.3, 0.4) is 0 Å². The molecule has 0 radical (unpaired) electrons. The van der Waals surface area contributed by atoms with Gasteiger partial charge in [0.2, 0.25) is 5.91 Å². The fourth-order valence-corrected chi connectivity index (χ4v) is 2.84. The molecular formula is C18H25FN2O3. The average Bonchev–Trinajstić information content (AvgIpc) is 2.59. The molecule has 24 heavy (non-hydrogen) atoms. The second kappa shape index (κ2) is 7.64. The predicted molar refractivity (Wildman–Crippen MR) is 89.5 cm³/mol. The molecule has 0 N–H and O–H groups in total. The van der Waals surface area contributed by atoms with Crippen LogP contribution in [-0.2, 0) is 4.79 Å². The van der Waals surface area contributed by atoms with Crippen LogP contribution >= 0.6 is 0 Å². The van der Waals surface area contributed by atoms with Crippen LogP contribution in [0.15, 0.2) is 18.2 Å². The predicted octanol–water partition coefficient (Wildman–Crippen LogP) is 2.55. The zero-order valence-corrected chi connectivity index (χ0v) is 14.7. The second-order valence-electron chi connectivity index (χ2n) is 6.46. The molecule has 1 aromatic rings. The minimum absolute atomic E-state index is 0.0416. The van der Waals surface area contributed by atoms with Crippen LogP contribution in [0.4, 0.5) is 4.39 Å². The minimum Gasteiger partial charge on any atom is -0.497 e. The molecule has 2 rings (SSSR count). The number of amides is 2. The third kappa shape index (κ3) is 3.86. The molecule has 6 heteroatoms. The van der Waals surface area contributed by atoms with E-state index in [1.807, 2.05) is 13.8 Å². The first-order valence-electron chi connectivity index (χ1n) is 8.24. The van der Waals surface area contributed by atoms with Gasteiger partial charge in [0.25, 0.3) is 5.91 Å². The summed E-state index contributed by atoms with van der Waals surface area (Å²) in [6.07, 6.45) is 1.22. The molecule has 5 nitrogen and oxygen atoms in total. The zero-order valence-electron chi connectivity index (χ0n) is 14.7. The summed E-state index contributed by atoms with van der Waals surface area (Å²) < 4.78 is 19.0. The SMILES string of the molecule is COc1ccc(C(=O)N2CCC(C(=O)N(C)C(C)C)CC2)c(F)c1. The van der Waals surface area contributed by atoms with E-state index in [9.17, 15) is 14.0 Å². The van der Waals surface area contributed by atoms with Crippen molar-refractivity contribution in [1.82, 2.24) is 9.80 Å². The summed E-state index contributed by atoms with van der Waals surface area (Å²) in [5.41, 5.74) is 0.0416. The fraction of sp³-hybridized carbons (Fsp3) is 0.556. The summed E-state index contributed by atoms with van der Waals surface area (Å²) >= 11 is 0. The van der Waals surface area contributed by atoms with Crippen LogP contribution in [0.2, 0.25) is 0 Å². The van der Waals surface area contributed by atoms with Gasteiger partial charge in [-0.2, -0.15) is 0 Å². The first-order chi connectivity index (χ1) is 11.3. The van der Waals surface area contributed by atoms with Crippen molar-refractivity contribution in [3.8, 4) is 5.75 Å². The van der Waals surface area contributed by atoms with Crippen molar-refractivity contribution in [2.45, 2.75) is 32.7 Å². The van der Waals surface area contributed by atoms with Crippen LogP contribution in [0.1, 0.15) is 37.0 Å². The summed E-state index contributed by atoms with van der Waals surface area (Å²) in [6, 6.07) is 4.39. The van der Waals surface area contributed by atoms with Gasteiger partial charge in [0, 0.05) is 38.2 Å². The maximum atomic E-state index is 14.1. The Hall–Kier alpha value is -2.11. The Balaban J connectivity index is 1.99. The van der Waals surface area contributed by atoms with Gasteiger partial charge in [-0.1, -0.05) is 0 Å². The molecule has 1 aliphatic heterocycles. The topological polar surface area (TPSA) is 49.9 Å². The highest BCUT2D eigenvalue weighted by atomic mass is 19.1.